The number of hydrogen-bond acceptors (Lipinski definition) is 3. The molecule has 0 saturated carbocycles. The second-order valence-corrected chi connectivity index (χ2v) is 7.65. The van der Waals surface area contributed by atoms with Gasteiger partial charge in [-0.1, -0.05) is 32.9 Å². The average Bonchev–Trinajstić information content (AvgIpc) is 2.63. The topological polar surface area (TPSA) is 66.5 Å². The van der Waals surface area contributed by atoms with Gasteiger partial charge in [0.2, 0.25) is 10.0 Å². The third-order valence-electron chi connectivity index (χ3n) is 4.14. The van der Waals surface area contributed by atoms with Crippen molar-refractivity contribution in [3.63, 3.8) is 0 Å². The average molecular weight is 378 g/mol. The summed E-state index contributed by atoms with van der Waals surface area (Å²) in [5.41, 5.74) is 1.80. The van der Waals surface area contributed by atoms with E-state index in [1.54, 1.807) is 26.0 Å². The fourth-order valence-electron chi connectivity index (χ4n) is 2.57. The highest BCUT2D eigenvalue weighted by molar-refractivity contribution is 7.89. The molecule has 0 atom stereocenters. The fraction of sp³-hybridized carbons (Fsp3) is 0.316. The van der Waals surface area contributed by atoms with E-state index in [0.717, 1.165) is 28.4 Å². The summed E-state index contributed by atoms with van der Waals surface area (Å²) in [6, 6.07) is 10.7. The van der Waals surface area contributed by atoms with Gasteiger partial charge >= 0.3 is 0 Å². The maximum atomic E-state index is 14.1. The first kappa shape index (κ1) is 20.1. The van der Waals surface area contributed by atoms with Crippen molar-refractivity contribution in [3.05, 3.63) is 59.4 Å². The lowest BCUT2D eigenvalue weighted by molar-refractivity contribution is 0.102. The number of carbonyl (C=O) groups excluding carboxylic acids is 1. The second-order valence-electron chi connectivity index (χ2n) is 5.74. The zero-order valence-corrected chi connectivity index (χ0v) is 15.9. The number of rotatable bonds is 7. The van der Waals surface area contributed by atoms with E-state index in [1.807, 2.05) is 19.1 Å². The second kappa shape index (κ2) is 8.42. The van der Waals surface area contributed by atoms with Crippen molar-refractivity contribution in [1.82, 2.24) is 4.31 Å². The van der Waals surface area contributed by atoms with Crippen LogP contribution in [0.2, 0.25) is 0 Å². The fourth-order valence-corrected chi connectivity index (χ4v) is 4.12. The molecule has 2 aromatic rings. The molecule has 26 heavy (non-hydrogen) atoms. The number of hydrogen-bond donors (Lipinski definition) is 1. The molecule has 0 spiro atoms. The summed E-state index contributed by atoms with van der Waals surface area (Å²) in [6.07, 6.45) is 0.888. The van der Waals surface area contributed by atoms with Crippen molar-refractivity contribution in [2.45, 2.75) is 32.1 Å². The Hall–Kier alpha value is -2.25. The van der Waals surface area contributed by atoms with E-state index in [9.17, 15) is 17.6 Å². The Kier molecular flexibility index (Phi) is 6.50. The van der Waals surface area contributed by atoms with Crippen LogP contribution in [0.3, 0.4) is 0 Å². The first-order chi connectivity index (χ1) is 12.3. The smallest absolute Gasteiger partial charge is 0.255 e. The van der Waals surface area contributed by atoms with E-state index < -0.39 is 26.6 Å². The zero-order chi connectivity index (χ0) is 19.3. The maximum Gasteiger partial charge on any atom is 0.255 e. The van der Waals surface area contributed by atoms with Crippen LogP contribution in [0.25, 0.3) is 0 Å². The lowest BCUT2D eigenvalue weighted by Gasteiger charge is -2.19. The van der Waals surface area contributed by atoms with Crippen LogP contribution in [0.15, 0.2) is 47.4 Å². The molecule has 0 unspecified atom stereocenters. The molecule has 0 aliphatic carbocycles. The van der Waals surface area contributed by atoms with E-state index in [1.165, 1.54) is 6.07 Å². The van der Waals surface area contributed by atoms with E-state index in [0.29, 0.717) is 5.69 Å². The van der Waals surface area contributed by atoms with Gasteiger partial charge in [-0.3, -0.25) is 4.79 Å². The highest BCUT2D eigenvalue weighted by atomic mass is 32.2. The zero-order valence-electron chi connectivity index (χ0n) is 15.1. The molecule has 2 rings (SSSR count). The number of sulfonamides is 1. The molecule has 0 aliphatic rings. The summed E-state index contributed by atoms with van der Waals surface area (Å²) in [5, 5.41) is 2.70. The molecule has 5 nitrogen and oxygen atoms in total. The van der Waals surface area contributed by atoms with E-state index in [2.05, 4.69) is 5.32 Å². The normalized spacial score (nSPS) is 11.6. The first-order valence-corrected chi connectivity index (χ1v) is 9.97. The van der Waals surface area contributed by atoms with Crippen molar-refractivity contribution in [3.8, 4) is 0 Å². The number of nitrogens with one attached hydrogen (secondary N) is 1. The summed E-state index contributed by atoms with van der Waals surface area (Å²) in [5.74, 6) is -1.37. The van der Waals surface area contributed by atoms with Gasteiger partial charge < -0.3 is 5.32 Å². The Bertz CT molecular complexity index is 876. The lowest BCUT2D eigenvalue weighted by Crippen LogP contribution is -2.31. The van der Waals surface area contributed by atoms with Crippen LogP contribution in [0.5, 0.6) is 0 Å². The minimum atomic E-state index is -3.99. The number of benzene rings is 2. The van der Waals surface area contributed by atoms with Crippen molar-refractivity contribution in [2.24, 2.45) is 0 Å². The maximum absolute atomic E-state index is 14.1. The Morgan fingerprint density at radius 3 is 2.19 bits per heavy atom. The van der Waals surface area contributed by atoms with Gasteiger partial charge in [-0.05, 0) is 42.3 Å². The van der Waals surface area contributed by atoms with Crippen molar-refractivity contribution < 1.29 is 17.6 Å². The van der Waals surface area contributed by atoms with Gasteiger partial charge in [0, 0.05) is 24.3 Å². The quantitative estimate of drug-likeness (QED) is 0.799. The molecule has 2 aromatic carbocycles. The van der Waals surface area contributed by atoms with Gasteiger partial charge in [-0.25, -0.2) is 12.8 Å². The molecule has 1 amide bonds. The molecule has 0 aromatic heterocycles. The molecular weight excluding hydrogens is 355 g/mol. The monoisotopic (exact) mass is 378 g/mol. The number of nitrogens with zero attached hydrogens (tertiary/aromatic N) is 1. The largest absolute Gasteiger partial charge is 0.322 e. The van der Waals surface area contributed by atoms with Crippen molar-refractivity contribution in [1.29, 1.82) is 0 Å². The number of anilines is 1. The summed E-state index contributed by atoms with van der Waals surface area (Å²) in [7, 11) is -3.99. The highest BCUT2D eigenvalue weighted by Crippen LogP contribution is 2.21. The van der Waals surface area contributed by atoms with Crippen LogP contribution in [-0.2, 0) is 16.4 Å². The summed E-state index contributed by atoms with van der Waals surface area (Å²) in [4.78, 5) is 11.9. The number of aryl methyl sites for hydroxylation is 1. The Balaban J connectivity index is 2.31. The third-order valence-corrected chi connectivity index (χ3v) is 6.20. The van der Waals surface area contributed by atoms with Crippen LogP contribution in [0, 0.1) is 5.82 Å². The predicted molar refractivity (Wildman–Crippen MR) is 100 cm³/mol. The lowest BCUT2D eigenvalue weighted by atomic mass is 10.1. The van der Waals surface area contributed by atoms with Crippen molar-refractivity contribution in [2.75, 3.05) is 18.4 Å². The molecule has 0 aliphatic heterocycles. The molecule has 140 valence electrons. The van der Waals surface area contributed by atoms with Gasteiger partial charge in [-0.15, -0.1) is 0 Å². The number of amides is 1. The Labute approximate surface area is 153 Å². The van der Waals surface area contributed by atoms with E-state index in [-0.39, 0.29) is 18.7 Å². The van der Waals surface area contributed by atoms with Crippen LogP contribution in [-0.4, -0.2) is 31.7 Å². The Morgan fingerprint density at radius 2 is 1.65 bits per heavy atom. The summed E-state index contributed by atoms with van der Waals surface area (Å²) >= 11 is 0. The minimum absolute atomic E-state index is 0.0803. The van der Waals surface area contributed by atoms with Crippen molar-refractivity contribution >= 4 is 21.6 Å². The van der Waals surface area contributed by atoms with Gasteiger partial charge in [0.05, 0.1) is 0 Å². The van der Waals surface area contributed by atoms with E-state index in [4.69, 9.17) is 0 Å². The van der Waals surface area contributed by atoms with Crippen LogP contribution < -0.4 is 5.32 Å². The van der Waals surface area contributed by atoms with Crippen LogP contribution in [0.1, 0.15) is 36.7 Å². The molecule has 0 saturated heterocycles. The van der Waals surface area contributed by atoms with Crippen LogP contribution in [0.4, 0.5) is 10.1 Å². The number of halogens is 1. The predicted octanol–water partition coefficient (Wildman–Crippen LogP) is 3.67. The van der Waals surface area contributed by atoms with Gasteiger partial charge in [0.25, 0.3) is 5.91 Å². The summed E-state index contributed by atoms with van der Waals surface area (Å²) in [6.45, 7) is 5.83. The van der Waals surface area contributed by atoms with Gasteiger partial charge in [-0.2, -0.15) is 4.31 Å². The molecule has 1 N–H and O–H groups in total. The standard InChI is InChI=1S/C19H23FN2O3S/c1-4-14-7-10-16(11-8-14)21-19(23)15-9-12-17(20)18(13-15)26(24,25)22(5-2)6-3/h7-13H,4-6H2,1-3H3,(H,21,23). The Morgan fingerprint density at radius 1 is 1.04 bits per heavy atom. The molecule has 0 bridgehead atoms. The first-order valence-electron chi connectivity index (χ1n) is 8.53. The molecule has 0 fully saturated rings. The van der Waals surface area contributed by atoms with E-state index >= 15 is 0 Å². The minimum Gasteiger partial charge on any atom is -0.322 e. The highest BCUT2D eigenvalue weighted by Gasteiger charge is 2.26. The number of carbonyl (C=O) groups is 1. The molecular formula is C19H23FN2O3S. The van der Waals surface area contributed by atoms with Gasteiger partial charge in [0.1, 0.15) is 10.7 Å². The molecule has 0 radical (unpaired) electrons. The molecule has 7 heteroatoms. The SMILES string of the molecule is CCc1ccc(NC(=O)c2ccc(F)c(S(=O)(=O)N(CC)CC)c2)cc1. The van der Waals surface area contributed by atoms with Gasteiger partial charge in [0.15, 0.2) is 0 Å². The third kappa shape index (κ3) is 4.28. The van der Waals surface area contributed by atoms with Crippen LogP contribution >= 0.6 is 0 Å². The molecule has 0 heterocycles. The summed E-state index contributed by atoms with van der Waals surface area (Å²) < 4.78 is 40.4.